The van der Waals surface area contributed by atoms with E-state index in [0.29, 0.717) is 6.54 Å². The minimum absolute atomic E-state index is 0.573. The van der Waals surface area contributed by atoms with Gasteiger partial charge in [0.25, 0.3) is 0 Å². The Hall–Kier alpha value is -4.13. The average molecular weight is 562 g/mol. The van der Waals surface area contributed by atoms with Gasteiger partial charge < -0.3 is 25.1 Å². The Kier molecular flexibility index (Phi) is 9.25. The molecule has 1 aromatic heterocycles. The smallest absolute Gasteiger partial charge is 0.121 e. The number of nitrogens with one attached hydrogen (secondary N) is 1. The summed E-state index contributed by atoms with van der Waals surface area (Å²) in [6.45, 7) is 15.6. The van der Waals surface area contributed by atoms with Crippen molar-refractivity contribution in [2.75, 3.05) is 54.5 Å². The summed E-state index contributed by atoms with van der Waals surface area (Å²) < 4.78 is 0. The zero-order valence-electron chi connectivity index (χ0n) is 25.3. The monoisotopic (exact) mass is 561 g/mol. The first-order valence-corrected chi connectivity index (χ1v) is 14.9. The Labute approximate surface area is 251 Å². The fourth-order valence-electron chi connectivity index (χ4n) is 5.63. The maximum absolute atomic E-state index is 11.6. The molecule has 2 aromatic carbocycles. The molecule has 1 saturated heterocycles. The number of benzene rings is 2. The largest absolute Gasteiger partial charge is 0.382 e. The van der Waals surface area contributed by atoms with Crippen LogP contribution in [0, 0.1) is 0 Å². The second-order valence-corrected chi connectivity index (χ2v) is 11.3. The maximum Gasteiger partial charge on any atom is 0.121 e. The van der Waals surface area contributed by atoms with Gasteiger partial charge in [0.05, 0.1) is 17.1 Å². The molecule has 0 spiro atoms. The topological polar surface area (TPSA) is 54.9 Å². The van der Waals surface area contributed by atoms with E-state index in [4.69, 9.17) is 0 Å². The van der Waals surface area contributed by atoms with Crippen LogP contribution in [-0.4, -0.2) is 49.9 Å². The zero-order valence-corrected chi connectivity index (χ0v) is 25.3. The van der Waals surface area contributed by atoms with E-state index >= 15 is 0 Å². The summed E-state index contributed by atoms with van der Waals surface area (Å²) in [5.41, 5.74) is 10.9. The highest BCUT2D eigenvalue weighted by Crippen LogP contribution is 2.42. The van der Waals surface area contributed by atoms with Gasteiger partial charge in [0.2, 0.25) is 0 Å². The number of hydrogen-bond acceptors (Lipinski definition) is 6. The molecule has 6 heteroatoms. The van der Waals surface area contributed by atoms with Gasteiger partial charge in [0.15, 0.2) is 0 Å². The Morgan fingerprint density at radius 3 is 2.33 bits per heavy atom. The molecule has 5 rings (SSSR count). The van der Waals surface area contributed by atoms with Gasteiger partial charge in [0, 0.05) is 64.1 Å². The molecular formula is C36H43N5O. The zero-order chi connectivity index (χ0) is 29.6. The van der Waals surface area contributed by atoms with Crippen LogP contribution in [0.2, 0.25) is 0 Å². The number of aliphatic hydroxyl groups is 1. The molecule has 0 radical (unpaired) electrons. The van der Waals surface area contributed by atoms with Crippen molar-refractivity contribution in [3.05, 3.63) is 120 Å². The van der Waals surface area contributed by atoms with Gasteiger partial charge in [-0.3, -0.25) is 4.98 Å². The van der Waals surface area contributed by atoms with Crippen LogP contribution in [0.5, 0.6) is 0 Å². The number of aromatic nitrogens is 1. The van der Waals surface area contributed by atoms with Crippen molar-refractivity contribution in [1.29, 1.82) is 0 Å². The highest BCUT2D eigenvalue weighted by molar-refractivity contribution is 5.83. The Morgan fingerprint density at radius 1 is 0.976 bits per heavy atom. The van der Waals surface area contributed by atoms with Crippen molar-refractivity contribution in [2.24, 2.45) is 0 Å². The van der Waals surface area contributed by atoms with Gasteiger partial charge >= 0.3 is 0 Å². The summed E-state index contributed by atoms with van der Waals surface area (Å²) in [5.74, 6) is 0. The lowest BCUT2D eigenvalue weighted by atomic mass is 9.98. The third kappa shape index (κ3) is 6.51. The lowest BCUT2D eigenvalue weighted by Crippen LogP contribution is -2.43. The summed E-state index contributed by atoms with van der Waals surface area (Å²) in [6.07, 6.45) is 9.89. The molecule has 2 N–H and O–H groups in total. The molecule has 0 saturated carbocycles. The number of pyridine rings is 1. The van der Waals surface area contributed by atoms with Gasteiger partial charge in [-0.25, -0.2) is 0 Å². The average Bonchev–Trinajstić information content (AvgIpc) is 3.03. The fraction of sp³-hybridized carbons (Fsp3) is 0.306. The van der Waals surface area contributed by atoms with Crippen LogP contribution in [0.3, 0.4) is 0 Å². The van der Waals surface area contributed by atoms with Gasteiger partial charge in [-0.1, -0.05) is 49.4 Å². The number of fused-ring (bicyclic) bond motifs is 1. The summed E-state index contributed by atoms with van der Waals surface area (Å²) in [4.78, 5) is 10.9. The molecule has 0 bridgehead atoms. The third-order valence-corrected chi connectivity index (χ3v) is 8.07. The van der Waals surface area contributed by atoms with Crippen LogP contribution in [-0.2, 0) is 0 Å². The van der Waals surface area contributed by atoms with Crippen LogP contribution >= 0.6 is 0 Å². The van der Waals surface area contributed by atoms with Crippen LogP contribution in [0.15, 0.2) is 114 Å². The van der Waals surface area contributed by atoms with Gasteiger partial charge in [-0.15, -0.1) is 0 Å². The number of rotatable bonds is 9. The number of allylic oxidation sites excluding steroid dienone is 3. The minimum Gasteiger partial charge on any atom is -0.382 e. The van der Waals surface area contributed by atoms with Crippen LogP contribution in [0.4, 0.5) is 17.1 Å². The first-order valence-electron chi connectivity index (χ1n) is 14.9. The van der Waals surface area contributed by atoms with E-state index in [9.17, 15) is 5.11 Å². The van der Waals surface area contributed by atoms with E-state index in [0.717, 1.165) is 66.4 Å². The molecule has 218 valence electrons. The fourth-order valence-corrected chi connectivity index (χ4v) is 5.63. The molecule has 2 aliphatic rings. The molecular weight excluding hydrogens is 518 g/mol. The highest BCUT2D eigenvalue weighted by Gasteiger charge is 2.29. The Morgan fingerprint density at radius 2 is 1.67 bits per heavy atom. The minimum atomic E-state index is -0.805. The van der Waals surface area contributed by atoms with Crippen molar-refractivity contribution >= 4 is 17.1 Å². The first kappa shape index (κ1) is 29.4. The van der Waals surface area contributed by atoms with Crippen molar-refractivity contribution in [3.63, 3.8) is 0 Å². The predicted octanol–water partition coefficient (Wildman–Crippen LogP) is 6.85. The lowest BCUT2D eigenvalue weighted by molar-refractivity contribution is 0.211. The molecule has 1 atom stereocenters. The number of anilines is 3. The third-order valence-electron chi connectivity index (χ3n) is 8.07. The first-order chi connectivity index (χ1) is 20.4. The quantitative estimate of drug-likeness (QED) is 0.279. The van der Waals surface area contributed by atoms with E-state index in [-0.39, 0.29) is 0 Å². The Balaban J connectivity index is 1.49. The van der Waals surface area contributed by atoms with Crippen molar-refractivity contribution in [3.8, 4) is 11.1 Å². The number of piperazine rings is 1. The molecule has 3 heterocycles. The molecule has 2 aliphatic heterocycles. The van der Waals surface area contributed by atoms with E-state index in [1.165, 1.54) is 22.4 Å². The van der Waals surface area contributed by atoms with Crippen LogP contribution < -0.4 is 20.0 Å². The predicted molar refractivity (Wildman–Crippen MR) is 177 cm³/mol. The van der Waals surface area contributed by atoms with Crippen molar-refractivity contribution in [1.82, 2.24) is 10.3 Å². The second kappa shape index (κ2) is 13.2. The summed E-state index contributed by atoms with van der Waals surface area (Å²) in [7, 11) is 2.05. The SMILES string of the molecule is C=C(CN1C(C(O)c2ccncc2)=CN(C)c2cc(-c3ccc(N4CCNCC4)cc3)ccc21)/C(=C\C=C(C)C)CC. The van der Waals surface area contributed by atoms with E-state index < -0.39 is 6.10 Å². The molecule has 6 nitrogen and oxygen atoms in total. The Bertz CT molecular complexity index is 1480. The summed E-state index contributed by atoms with van der Waals surface area (Å²) in [6, 6.07) is 19.2. The molecule has 0 amide bonds. The molecule has 1 fully saturated rings. The van der Waals surface area contributed by atoms with E-state index in [1.54, 1.807) is 12.4 Å². The molecule has 42 heavy (non-hydrogen) atoms. The normalized spacial score (nSPS) is 16.1. The highest BCUT2D eigenvalue weighted by atomic mass is 16.3. The van der Waals surface area contributed by atoms with Gasteiger partial charge in [-0.05, 0) is 84.5 Å². The molecule has 1 unspecified atom stereocenters. The summed E-state index contributed by atoms with van der Waals surface area (Å²) >= 11 is 0. The number of nitrogens with zero attached hydrogens (tertiary/aromatic N) is 4. The number of hydrogen-bond donors (Lipinski definition) is 2. The van der Waals surface area contributed by atoms with E-state index in [1.807, 2.05) is 25.4 Å². The molecule has 3 aromatic rings. The lowest BCUT2D eigenvalue weighted by Gasteiger charge is -2.39. The van der Waals surface area contributed by atoms with Crippen LogP contribution in [0.25, 0.3) is 11.1 Å². The van der Waals surface area contributed by atoms with Crippen molar-refractivity contribution in [2.45, 2.75) is 33.3 Å². The van der Waals surface area contributed by atoms with Gasteiger partial charge in [0.1, 0.15) is 6.10 Å². The maximum atomic E-state index is 11.6. The van der Waals surface area contributed by atoms with E-state index in [2.05, 4.69) is 107 Å². The summed E-state index contributed by atoms with van der Waals surface area (Å²) in [5, 5.41) is 15.0. The molecule has 0 aliphatic carbocycles. The van der Waals surface area contributed by atoms with Gasteiger partial charge in [-0.2, -0.15) is 0 Å². The second-order valence-electron chi connectivity index (χ2n) is 11.3. The number of aliphatic hydroxyl groups excluding tert-OH is 1. The van der Waals surface area contributed by atoms with Crippen molar-refractivity contribution < 1.29 is 5.11 Å². The standard InChI is InChI=1S/C36H43N5O/c1-6-28(8-7-26(2)3)27(4)24-41-33-14-11-31(29-9-12-32(13-10-29)40-21-19-38-20-22-40)23-34(33)39(5)25-35(41)36(42)30-15-17-37-18-16-30/h7-18,23,25,36,38,42H,4,6,19-22,24H2,1-3,5H3/b28-8-. The van der Waals surface area contributed by atoms with Crippen LogP contribution in [0.1, 0.15) is 38.9 Å².